The van der Waals surface area contributed by atoms with E-state index in [9.17, 15) is 20.0 Å². The SMILES string of the molecule is Cc1nc2cnc(N3CCN(C(C)C)CC3)c(C#N)c2c(=O)n1CC#Cc1ccc(Cl)cc1-c1ccnc2c(C(=O)O)csc12. The lowest BCUT2D eigenvalue weighted by Gasteiger charge is -2.37. The van der Waals surface area contributed by atoms with Crippen molar-refractivity contribution in [2.24, 2.45) is 0 Å². The van der Waals surface area contributed by atoms with Crippen LogP contribution in [-0.4, -0.2) is 67.7 Å². The molecule has 5 heterocycles. The summed E-state index contributed by atoms with van der Waals surface area (Å²) < 4.78 is 2.18. The van der Waals surface area contributed by atoms with E-state index in [0.29, 0.717) is 57.1 Å². The number of hydrogen-bond donors (Lipinski definition) is 1. The minimum Gasteiger partial charge on any atom is -0.478 e. The fourth-order valence-electron chi connectivity index (χ4n) is 5.65. The molecule has 1 aliphatic rings. The molecule has 0 amide bonds. The third kappa shape index (κ3) is 5.62. The van der Waals surface area contributed by atoms with Crippen LogP contribution in [0.3, 0.4) is 0 Å². The molecule has 45 heavy (non-hydrogen) atoms. The maximum absolute atomic E-state index is 13.9. The minimum absolute atomic E-state index is 0.0409. The van der Waals surface area contributed by atoms with Crippen molar-refractivity contribution in [3.8, 4) is 29.0 Å². The maximum Gasteiger partial charge on any atom is 0.338 e. The molecule has 0 unspecified atom stereocenters. The predicted molar refractivity (Wildman–Crippen MR) is 176 cm³/mol. The molecule has 1 fully saturated rings. The molecule has 10 nitrogen and oxygen atoms in total. The van der Waals surface area contributed by atoms with E-state index in [4.69, 9.17) is 11.6 Å². The molecule has 1 saturated heterocycles. The lowest BCUT2D eigenvalue weighted by molar-refractivity contribution is 0.0699. The van der Waals surface area contributed by atoms with E-state index < -0.39 is 5.97 Å². The molecule has 0 radical (unpaired) electrons. The van der Waals surface area contributed by atoms with E-state index in [-0.39, 0.29) is 28.6 Å². The summed E-state index contributed by atoms with van der Waals surface area (Å²) in [5, 5.41) is 22.1. The zero-order valence-corrected chi connectivity index (χ0v) is 26.4. The second-order valence-electron chi connectivity index (χ2n) is 11.0. The number of aryl methyl sites for hydroxylation is 1. The van der Waals surface area contributed by atoms with Gasteiger partial charge in [0, 0.05) is 65.5 Å². The topological polar surface area (TPSA) is 128 Å². The van der Waals surface area contributed by atoms with Gasteiger partial charge in [-0.15, -0.1) is 11.3 Å². The molecule has 12 heteroatoms. The number of pyridine rings is 2. The first-order chi connectivity index (χ1) is 21.7. The number of rotatable bonds is 5. The average Bonchev–Trinajstić information content (AvgIpc) is 3.47. The number of carboxylic acid groups (broad SMARTS) is 1. The Morgan fingerprint density at radius 2 is 1.93 bits per heavy atom. The van der Waals surface area contributed by atoms with Crippen LogP contribution in [0.25, 0.3) is 32.2 Å². The Morgan fingerprint density at radius 1 is 1.16 bits per heavy atom. The molecule has 0 atom stereocenters. The molecule has 0 aliphatic carbocycles. The number of hydrogen-bond acceptors (Lipinski definition) is 9. The van der Waals surface area contributed by atoms with Crippen LogP contribution in [0.4, 0.5) is 5.82 Å². The van der Waals surface area contributed by atoms with Gasteiger partial charge in [0.25, 0.3) is 5.56 Å². The first kappa shape index (κ1) is 30.2. The summed E-state index contributed by atoms with van der Waals surface area (Å²) in [6.07, 6.45) is 3.14. The number of thiophene rings is 1. The highest BCUT2D eigenvalue weighted by Crippen LogP contribution is 2.36. The molecule has 1 N–H and O–H groups in total. The number of anilines is 1. The van der Waals surface area contributed by atoms with E-state index in [0.717, 1.165) is 24.2 Å². The van der Waals surface area contributed by atoms with Gasteiger partial charge in [-0.2, -0.15) is 5.26 Å². The lowest BCUT2D eigenvalue weighted by Crippen LogP contribution is -2.49. The highest BCUT2D eigenvalue weighted by Gasteiger charge is 2.25. The number of halogens is 1. The monoisotopic (exact) mass is 637 g/mol. The molecule has 0 spiro atoms. The highest BCUT2D eigenvalue weighted by atomic mass is 35.5. The van der Waals surface area contributed by atoms with E-state index >= 15 is 0 Å². The number of nitriles is 1. The standard InChI is InChI=1S/C33H28ClN7O3S/c1-19(2)39-11-13-40(14-12-39)31-25(16-35)28-27(17-37-31)38-20(3)41(32(28)42)10-4-5-21-6-7-22(34)15-24(21)23-8-9-36-29-26(33(43)44)18-45-30(23)29/h6-9,15,17-19H,10-14H2,1-3H3,(H,43,44). The van der Waals surface area contributed by atoms with Crippen LogP contribution in [0.15, 0.2) is 46.8 Å². The fourth-order valence-corrected chi connectivity index (χ4v) is 6.85. The Bertz CT molecular complexity index is 2150. The summed E-state index contributed by atoms with van der Waals surface area (Å²) in [7, 11) is 0. The molecule has 4 aromatic heterocycles. The fraction of sp³-hybridized carbons (Fsp3) is 0.273. The van der Waals surface area contributed by atoms with Crippen molar-refractivity contribution in [2.75, 3.05) is 31.1 Å². The third-order valence-corrected chi connectivity index (χ3v) is 9.28. The number of aromatic nitrogens is 4. The van der Waals surface area contributed by atoms with E-state index in [1.54, 1.807) is 49.0 Å². The lowest BCUT2D eigenvalue weighted by atomic mass is 10.00. The number of piperazine rings is 1. The molecule has 0 saturated carbocycles. The predicted octanol–water partition coefficient (Wildman–Crippen LogP) is 5.18. The quantitative estimate of drug-likeness (QED) is 0.259. The Kier molecular flexibility index (Phi) is 8.26. The van der Waals surface area contributed by atoms with E-state index in [2.05, 4.69) is 56.5 Å². The number of aromatic carboxylic acids is 1. The second kappa shape index (κ2) is 12.3. The van der Waals surface area contributed by atoms with Crippen LogP contribution in [0, 0.1) is 30.1 Å². The van der Waals surface area contributed by atoms with Crippen LogP contribution >= 0.6 is 22.9 Å². The average molecular weight is 638 g/mol. The summed E-state index contributed by atoms with van der Waals surface area (Å²) >= 11 is 7.67. The summed E-state index contributed by atoms with van der Waals surface area (Å²) in [6.45, 7) is 9.21. The summed E-state index contributed by atoms with van der Waals surface area (Å²) in [5.41, 5.74) is 2.93. The van der Waals surface area contributed by atoms with Gasteiger partial charge < -0.3 is 10.0 Å². The summed E-state index contributed by atoms with van der Waals surface area (Å²) in [5.74, 6) is 6.19. The molecule has 1 aliphatic heterocycles. The van der Waals surface area contributed by atoms with Gasteiger partial charge in [-0.1, -0.05) is 23.4 Å². The van der Waals surface area contributed by atoms with Crippen LogP contribution in [0.1, 0.15) is 41.2 Å². The molecule has 6 rings (SSSR count). The van der Waals surface area contributed by atoms with Gasteiger partial charge in [-0.05, 0) is 45.0 Å². The summed E-state index contributed by atoms with van der Waals surface area (Å²) in [4.78, 5) is 43.4. The largest absolute Gasteiger partial charge is 0.478 e. The van der Waals surface area contributed by atoms with Crippen LogP contribution < -0.4 is 10.5 Å². The molecule has 5 aromatic rings. The van der Waals surface area contributed by atoms with Crippen molar-refractivity contribution in [3.63, 3.8) is 0 Å². The smallest absolute Gasteiger partial charge is 0.338 e. The van der Waals surface area contributed by atoms with Crippen molar-refractivity contribution in [1.29, 1.82) is 5.26 Å². The van der Waals surface area contributed by atoms with Gasteiger partial charge in [0.15, 0.2) is 0 Å². The number of fused-ring (bicyclic) bond motifs is 2. The number of carbonyl (C=O) groups is 1. The van der Waals surface area contributed by atoms with Gasteiger partial charge in [-0.3, -0.25) is 19.2 Å². The maximum atomic E-state index is 13.9. The van der Waals surface area contributed by atoms with Gasteiger partial charge in [0.2, 0.25) is 0 Å². The van der Waals surface area contributed by atoms with E-state index in [1.165, 1.54) is 15.9 Å². The van der Waals surface area contributed by atoms with Crippen molar-refractivity contribution in [3.05, 3.63) is 79.9 Å². The Morgan fingerprint density at radius 3 is 2.64 bits per heavy atom. The highest BCUT2D eigenvalue weighted by molar-refractivity contribution is 7.18. The number of nitrogens with zero attached hydrogens (tertiary/aromatic N) is 7. The zero-order valence-electron chi connectivity index (χ0n) is 24.8. The molecule has 226 valence electrons. The second-order valence-corrected chi connectivity index (χ2v) is 12.3. The van der Waals surface area contributed by atoms with Gasteiger partial charge >= 0.3 is 5.97 Å². The van der Waals surface area contributed by atoms with Crippen LogP contribution in [0.2, 0.25) is 5.02 Å². The van der Waals surface area contributed by atoms with Gasteiger partial charge in [-0.25, -0.2) is 14.8 Å². The molecule has 0 bridgehead atoms. The first-order valence-corrected chi connectivity index (χ1v) is 15.6. The molecular formula is C33H28ClN7O3S. The van der Waals surface area contributed by atoms with Crippen molar-refractivity contribution in [2.45, 2.75) is 33.4 Å². The molecular weight excluding hydrogens is 610 g/mol. The summed E-state index contributed by atoms with van der Waals surface area (Å²) in [6, 6.07) is 9.78. The zero-order chi connectivity index (χ0) is 31.8. The number of carboxylic acids is 1. The van der Waals surface area contributed by atoms with Crippen molar-refractivity contribution in [1.82, 2.24) is 24.4 Å². The first-order valence-electron chi connectivity index (χ1n) is 14.4. The van der Waals surface area contributed by atoms with Gasteiger partial charge in [0.05, 0.1) is 39.4 Å². The normalized spacial score (nSPS) is 13.6. The van der Waals surface area contributed by atoms with Crippen LogP contribution in [0.5, 0.6) is 0 Å². The Balaban J connectivity index is 1.37. The molecule has 1 aromatic carbocycles. The van der Waals surface area contributed by atoms with Crippen molar-refractivity contribution >= 4 is 55.8 Å². The third-order valence-electron chi connectivity index (χ3n) is 8.04. The van der Waals surface area contributed by atoms with Crippen LogP contribution in [-0.2, 0) is 6.54 Å². The Hall–Kier alpha value is -4.81. The van der Waals surface area contributed by atoms with Crippen molar-refractivity contribution < 1.29 is 9.90 Å². The van der Waals surface area contributed by atoms with E-state index in [1.807, 2.05) is 0 Å². The minimum atomic E-state index is -1.04. The number of benzene rings is 1. The van der Waals surface area contributed by atoms with Gasteiger partial charge in [0.1, 0.15) is 23.3 Å². The Labute approximate surface area is 268 Å².